The predicted molar refractivity (Wildman–Crippen MR) is 297 cm³/mol. The molecule has 0 fully saturated rings. The number of carbonyl (C=O) groups excluding carboxylic acids is 3. The van der Waals surface area contributed by atoms with E-state index >= 15 is 0 Å². The molecular formula is C63H88O6. The zero-order valence-corrected chi connectivity index (χ0v) is 42.7. The maximum atomic E-state index is 12.8. The molecule has 6 heteroatoms. The first-order valence-electron chi connectivity index (χ1n) is 25.7. The molecule has 0 rings (SSSR count). The van der Waals surface area contributed by atoms with Gasteiger partial charge in [-0.05, 0) is 103 Å². The van der Waals surface area contributed by atoms with E-state index in [0.29, 0.717) is 19.3 Å². The molecule has 0 bridgehead atoms. The molecule has 376 valence electrons. The van der Waals surface area contributed by atoms with Gasteiger partial charge in [-0.2, -0.15) is 0 Å². The average molecular weight is 941 g/mol. The molecule has 0 aliphatic heterocycles. The zero-order valence-electron chi connectivity index (χ0n) is 42.7. The highest BCUT2D eigenvalue weighted by molar-refractivity contribution is 5.71. The molecule has 6 nitrogen and oxygen atoms in total. The number of unbranched alkanes of at least 4 members (excludes halogenated alkanes) is 3. The Balaban J connectivity index is 4.76. The van der Waals surface area contributed by atoms with Crippen molar-refractivity contribution >= 4 is 17.9 Å². The third kappa shape index (κ3) is 52.8. The number of hydrogen-bond donors (Lipinski definition) is 0. The second-order valence-corrected chi connectivity index (χ2v) is 15.8. The van der Waals surface area contributed by atoms with E-state index in [1.165, 1.54) is 0 Å². The van der Waals surface area contributed by atoms with Gasteiger partial charge < -0.3 is 14.2 Å². The highest BCUT2D eigenvalue weighted by Gasteiger charge is 2.19. The number of allylic oxidation sites excluding steroid dienone is 34. The summed E-state index contributed by atoms with van der Waals surface area (Å²) in [4.78, 5) is 38.0. The summed E-state index contributed by atoms with van der Waals surface area (Å²) in [7, 11) is 0. The van der Waals surface area contributed by atoms with E-state index in [1.54, 1.807) is 0 Å². The first kappa shape index (κ1) is 63.0. The van der Waals surface area contributed by atoms with Crippen molar-refractivity contribution in [1.82, 2.24) is 0 Å². The lowest BCUT2D eigenvalue weighted by molar-refractivity contribution is -0.166. The standard InChI is InChI=1S/C63H88O6/c1-4-7-10-13-16-19-22-25-28-31-32-33-36-38-41-44-47-50-53-56-62(65)68-59-60(69-63(66)57-54-51-48-45-42-39-35-30-27-24-21-18-15-12-9-6-3)58-67-61(64)55-52-49-46-43-40-37-34-29-26-23-20-17-14-11-8-5-2/h7-13,16-22,25-33,36-42,46,48-49,51,60H,4-6,14-15,23-24,34-35,43-45,47,50,52-59H2,1-3H3/b10-7-,11-8-,12-9-,16-13-,20-17-,21-18-,22-19-,28-25-,29-26-,30-27-,32-31+,36-33-,40-37-,41-38-,42-39-,49-46-,51-48-. The molecule has 0 amide bonds. The quantitative estimate of drug-likeness (QED) is 0.0199. The molecule has 0 heterocycles. The Morgan fingerprint density at radius 2 is 0.623 bits per heavy atom. The first-order chi connectivity index (χ1) is 34.0. The second kappa shape index (κ2) is 54.6. The molecule has 0 aromatic heterocycles. The van der Waals surface area contributed by atoms with E-state index in [2.05, 4.69) is 130 Å². The van der Waals surface area contributed by atoms with E-state index in [4.69, 9.17) is 14.2 Å². The Morgan fingerprint density at radius 1 is 0.304 bits per heavy atom. The summed E-state index contributed by atoms with van der Waals surface area (Å²) in [6.45, 7) is 6.05. The van der Waals surface area contributed by atoms with Gasteiger partial charge in [0, 0.05) is 19.3 Å². The van der Waals surface area contributed by atoms with E-state index in [9.17, 15) is 14.4 Å². The van der Waals surface area contributed by atoms with Gasteiger partial charge in [0.15, 0.2) is 6.10 Å². The molecule has 0 aromatic rings. The Bertz CT molecular complexity index is 1790. The maximum Gasteiger partial charge on any atom is 0.306 e. The summed E-state index contributed by atoms with van der Waals surface area (Å²) >= 11 is 0. The fourth-order valence-corrected chi connectivity index (χ4v) is 5.76. The maximum absolute atomic E-state index is 12.8. The van der Waals surface area contributed by atoms with Crippen LogP contribution in [-0.4, -0.2) is 37.2 Å². The number of rotatable bonds is 42. The lowest BCUT2D eigenvalue weighted by Crippen LogP contribution is -2.30. The summed E-state index contributed by atoms with van der Waals surface area (Å²) in [6.07, 6.45) is 85.4. The topological polar surface area (TPSA) is 78.9 Å². The summed E-state index contributed by atoms with van der Waals surface area (Å²) in [5.41, 5.74) is 0. The summed E-state index contributed by atoms with van der Waals surface area (Å²) in [6, 6.07) is 0. The van der Waals surface area contributed by atoms with Gasteiger partial charge >= 0.3 is 17.9 Å². The zero-order chi connectivity index (χ0) is 50.0. The van der Waals surface area contributed by atoms with Gasteiger partial charge in [-0.1, -0.05) is 234 Å². The van der Waals surface area contributed by atoms with E-state index in [0.717, 1.165) is 89.9 Å². The van der Waals surface area contributed by atoms with Crippen molar-refractivity contribution in [3.05, 3.63) is 207 Å². The minimum Gasteiger partial charge on any atom is -0.462 e. The van der Waals surface area contributed by atoms with Crippen molar-refractivity contribution in [2.75, 3.05) is 13.2 Å². The largest absolute Gasteiger partial charge is 0.462 e. The Hall–Kier alpha value is -6.01. The van der Waals surface area contributed by atoms with Gasteiger partial charge in [0.2, 0.25) is 0 Å². The third-order valence-electron chi connectivity index (χ3n) is 9.49. The molecule has 0 aromatic carbocycles. The SMILES string of the molecule is CC\C=C/C=C\C=C/C=C\C=C\C=C/C=C\CCCCCC(=O)OCC(COC(=O)CC/C=C\C/C=C\C/C=C\C/C=C\C/C=C\CC)OC(=O)CC/C=C\C/C=C\C/C=C\C/C=C\C/C=C\CC. The fourth-order valence-electron chi connectivity index (χ4n) is 5.76. The van der Waals surface area contributed by atoms with Crippen LogP contribution in [0, 0.1) is 0 Å². The fraction of sp³-hybridized carbons (Fsp3) is 0.413. The van der Waals surface area contributed by atoms with Crippen molar-refractivity contribution < 1.29 is 28.6 Å². The number of carbonyl (C=O) groups is 3. The average Bonchev–Trinajstić information content (AvgIpc) is 3.35. The van der Waals surface area contributed by atoms with Crippen LogP contribution >= 0.6 is 0 Å². The molecule has 1 atom stereocenters. The van der Waals surface area contributed by atoms with Crippen LogP contribution in [0.4, 0.5) is 0 Å². The minimum absolute atomic E-state index is 0.166. The van der Waals surface area contributed by atoms with Gasteiger partial charge in [-0.3, -0.25) is 14.4 Å². The highest BCUT2D eigenvalue weighted by Crippen LogP contribution is 2.08. The highest BCUT2D eigenvalue weighted by atomic mass is 16.6. The number of hydrogen-bond acceptors (Lipinski definition) is 6. The molecule has 0 saturated heterocycles. The second-order valence-electron chi connectivity index (χ2n) is 15.8. The third-order valence-corrected chi connectivity index (χ3v) is 9.49. The monoisotopic (exact) mass is 941 g/mol. The van der Waals surface area contributed by atoms with Crippen molar-refractivity contribution in [2.24, 2.45) is 0 Å². The lowest BCUT2D eigenvalue weighted by atomic mass is 10.1. The van der Waals surface area contributed by atoms with Crippen LogP contribution in [0.5, 0.6) is 0 Å². The number of esters is 3. The van der Waals surface area contributed by atoms with Crippen LogP contribution in [0.25, 0.3) is 0 Å². The van der Waals surface area contributed by atoms with Crippen LogP contribution in [-0.2, 0) is 28.6 Å². The van der Waals surface area contributed by atoms with Gasteiger partial charge in [-0.25, -0.2) is 0 Å². The first-order valence-corrected chi connectivity index (χ1v) is 25.7. The van der Waals surface area contributed by atoms with Gasteiger partial charge in [0.25, 0.3) is 0 Å². The molecule has 0 radical (unpaired) electrons. The molecule has 69 heavy (non-hydrogen) atoms. The Labute approximate surface area is 419 Å². The van der Waals surface area contributed by atoms with Gasteiger partial charge in [-0.15, -0.1) is 0 Å². The molecule has 0 N–H and O–H groups in total. The molecular weight excluding hydrogens is 853 g/mol. The summed E-state index contributed by atoms with van der Waals surface area (Å²) in [5, 5.41) is 0. The van der Waals surface area contributed by atoms with Gasteiger partial charge in [0.05, 0.1) is 0 Å². The van der Waals surface area contributed by atoms with E-state index < -0.39 is 18.0 Å². The molecule has 0 saturated carbocycles. The smallest absolute Gasteiger partial charge is 0.306 e. The van der Waals surface area contributed by atoms with Crippen molar-refractivity contribution in [3.8, 4) is 0 Å². The van der Waals surface area contributed by atoms with Crippen LogP contribution < -0.4 is 0 Å². The molecule has 0 aliphatic carbocycles. The predicted octanol–water partition coefficient (Wildman–Crippen LogP) is 17.3. The number of ether oxygens (including phenoxy) is 3. The van der Waals surface area contributed by atoms with Crippen molar-refractivity contribution in [3.63, 3.8) is 0 Å². The van der Waals surface area contributed by atoms with Gasteiger partial charge in [0.1, 0.15) is 13.2 Å². The van der Waals surface area contributed by atoms with E-state index in [-0.39, 0.29) is 38.4 Å². The van der Waals surface area contributed by atoms with Crippen molar-refractivity contribution in [1.29, 1.82) is 0 Å². The molecule has 1 unspecified atom stereocenters. The molecule has 0 aliphatic rings. The summed E-state index contributed by atoms with van der Waals surface area (Å²) in [5.74, 6) is -1.20. The Kier molecular flexibility index (Phi) is 49.8. The van der Waals surface area contributed by atoms with Crippen molar-refractivity contribution in [2.45, 2.75) is 155 Å². The lowest BCUT2D eigenvalue weighted by Gasteiger charge is -2.18. The van der Waals surface area contributed by atoms with E-state index in [1.807, 2.05) is 97.2 Å². The van der Waals surface area contributed by atoms with Crippen LogP contribution in [0.2, 0.25) is 0 Å². The Morgan fingerprint density at radius 3 is 1.01 bits per heavy atom. The summed E-state index contributed by atoms with van der Waals surface area (Å²) < 4.78 is 16.6. The minimum atomic E-state index is -0.881. The molecule has 0 spiro atoms. The normalized spacial score (nSPS) is 13.8. The van der Waals surface area contributed by atoms with Crippen LogP contribution in [0.3, 0.4) is 0 Å². The van der Waals surface area contributed by atoms with Crippen LogP contribution in [0.1, 0.15) is 149 Å². The van der Waals surface area contributed by atoms with Crippen LogP contribution in [0.15, 0.2) is 207 Å².